The summed E-state index contributed by atoms with van der Waals surface area (Å²) in [6, 6.07) is 7.35. The van der Waals surface area contributed by atoms with Gasteiger partial charge in [-0.2, -0.15) is 11.8 Å². The molecule has 1 aliphatic heterocycles. The van der Waals surface area contributed by atoms with E-state index in [-0.39, 0.29) is 18.4 Å². The van der Waals surface area contributed by atoms with Crippen molar-refractivity contribution in [3.05, 3.63) is 29.3 Å². The maximum atomic E-state index is 12.3. The van der Waals surface area contributed by atoms with Crippen molar-refractivity contribution in [2.45, 2.75) is 23.8 Å². The molecule has 1 aromatic carbocycles. The Morgan fingerprint density at radius 2 is 2.09 bits per heavy atom. The first-order valence-corrected chi connectivity index (χ1v) is 9.55. The number of hydrogen-bond acceptors (Lipinski definition) is 4. The van der Waals surface area contributed by atoms with Gasteiger partial charge in [0.05, 0.1) is 12.5 Å². The van der Waals surface area contributed by atoms with Crippen LogP contribution in [0, 0.1) is 0 Å². The monoisotopic (exact) mass is 359 g/mol. The van der Waals surface area contributed by atoms with Crippen LogP contribution in [0.15, 0.2) is 29.2 Å². The highest BCUT2D eigenvalue weighted by Gasteiger charge is 2.28. The van der Waals surface area contributed by atoms with Crippen molar-refractivity contribution in [2.75, 3.05) is 23.8 Å². The lowest BCUT2D eigenvalue weighted by atomic mass is 10.2. The molecule has 0 aliphatic carbocycles. The predicted molar refractivity (Wildman–Crippen MR) is 91.9 cm³/mol. The molecule has 120 valence electrons. The molecule has 1 aliphatic rings. The van der Waals surface area contributed by atoms with Gasteiger partial charge in [0.2, 0.25) is 5.91 Å². The van der Waals surface area contributed by atoms with Crippen LogP contribution in [0.1, 0.15) is 12.8 Å². The lowest BCUT2D eigenvalue weighted by Crippen LogP contribution is -2.47. The second-order valence-corrected chi connectivity index (χ2v) is 7.72. The molecule has 0 radical (unpaired) electrons. The number of carbonyl (C=O) groups excluding carboxylic acids is 1. The van der Waals surface area contributed by atoms with Gasteiger partial charge in [0.25, 0.3) is 0 Å². The van der Waals surface area contributed by atoms with Crippen LogP contribution in [-0.4, -0.2) is 51.7 Å². The van der Waals surface area contributed by atoms with E-state index in [9.17, 15) is 9.59 Å². The van der Waals surface area contributed by atoms with Crippen molar-refractivity contribution in [1.29, 1.82) is 0 Å². The Balaban J connectivity index is 1.82. The third kappa shape index (κ3) is 5.41. The minimum atomic E-state index is -0.846. The van der Waals surface area contributed by atoms with Gasteiger partial charge in [-0.25, -0.2) is 0 Å². The summed E-state index contributed by atoms with van der Waals surface area (Å²) in [4.78, 5) is 26.0. The third-order valence-corrected chi connectivity index (χ3v) is 5.71. The Morgan fingerprint density at radius 1 is 1.36 bits per heavy atom. The topological polar surface area (TPSA) is 57.6 Å². The zero-order valence-electron chi connectivity index (χ0n) is 12.0. The van der Waals surface area contributed by atoms with Crippen molar-refractivity contribution in [1.82, 2.24) is 4.90 Å². The molecule has 1 N–H and O–H groups in total. The minimum absolute atomic E-state index is 0.0308. The molecule has 2 rings (SSSR count). The number of carboxylic acid groups (broad SMARTS) is 1. The van der Waals surface area contributed by atoms with Crippen LogP contribution < -0.4 is 0 Å². The van der Waals surface area contributed by atoms with Crippen molar-refractivity contribution >= 4 is 47.0 Å². The molecule has 0 bridgehead atoms. The molecule has 4 nitrogen and oxygen atoms in total. The summed E-state index contributed by atoms with van der Waals surface area (Å²) >= 11 is 9.16. The first-order chi connectivity index (χ1) is 10.6. The van der Waals surface area contributed by atoms with Crippen LogP contribution in [0.4, 0.5) is 0 Å². The molecule has 0 spiro atoms. The van der Waals surface area contributed by atoms with Crippen LogP contribution >= 0.6 is 35.1 Å². The number of thioether (sulfide) groups is 2. The number of nitrogens with zero attached hydrogens (tertiary/aromatic N) is 1. The Kier molecular flexibility index (Phi) is 6.92. The molecule has 1 fully saturated rings. The molecule has 1 amide bonds. The van der Waals surface area contributed by atoms with E-state index in [0.717, 1.165) is 10.6 Å². The van der Waals surface area contributed by atoms with E-state index in [1.54, 1.807) is 28.4 Å². The Morgan fingerprint density at radius 3 is 2.77 bits per heavy atom. The van der Waals surface area contributed by atoms with E-state index in [2.05, 4.69) is 0 Å². The normalized spacial score (nSPS) is 18.2. The summed E-state index contributed by atoms with van der Waals surface area (Å²) in [6.07, 6.45) is 0.456. The molecule has 1 heterocycles. The highest BCUT2D eigenvalue weighted by molar-refractivity contribution is 7.99. The minimum Gasteiger partial charge on any atom is -0.481 e. The van der Waals surface area contributed by atoms with Crippen LogP contribution in [0.25, 0.3) is 0 Å². The van der Waals surface area contributed by atoms with E-state index in [1.165, 1.54) is 0 Å². The smallest absolute Gasteiger partial charge is 0.305 e. The fourth-order valence-electron chi connectivity index (χ4n) is 2.28. The van der Waals surface area contributed by atoms with E-state index < -0.39 is 5.97 Å². The number of halogens is 1. The van der Waals surface area contributed by atoms with Crippen molar-refractivity contribution in [2.24, 2.45) is 0 Å². The number of carbonyl (C=O) groups is 2. The summed E-state index contributed by atoms with van der Waals surface area (Å²) < 4.78 is 0. The molecule has 0 aromatic heterocycles. The second-order valence-electron chi connectivity index (χ2n) is 4.97. The number of rotatable bonds is 6. The number of aliphatic carboxylic acids is 1. The zero-order valence-corrected chi connectivity index (χ0v) is 14.4. The molecular weight excluding hydrogens is 342 g/mol. The fourth-order valence-corrected chi connectivity index (χ4v) is 4.31. The highest BCUT2D eigenvalue weighted by Crippen LogP contribution is 2.23. The Labute approximate surface area is 143 Å². The van der Waals surface area contributed by atoms with Crippen molar-refractivity contribution < 1.29 is 14.7 Å². The molecule has 22 heavy (non-hydrogen) atoms. The van der Waals surface area contributed by atoms with Crippen molar-refractivity contribution in [3.63, 3.8) is 0 Å². The fraction of sp³-hybridized carbons (Fsp3) is 0.467. The predicted octanol–water partition coefficient (Wildman–Crippen LogP) is 3.24. The van der Waals surface area contributed by atoms with Gasteiger partial charge < -0.3 is 10.0 Å². The molecular formula is C15H18ClNO3S2. The SMILES string of the molecule is O=C(O)CC1CSCCN1C(=O)CCSc1ccc(Cl)cc1. The summed E-state index contributed by atoms with van der Waals surface area (Å²) in [5.41, 5.74) is 0. The average molecular weight is 360 g/mol. The molecule has 1 atom stereocenters. The van der Waals surface area contributed by atoms with Gasteiger partial charge in [-0.15, -0.1) is 11.8 Å². The first kappa shape index (κ1) is 17.5. The van der Waals surface area contributed by atoms with Crippen LogP contribution in [0.2, 0.25) is 5.02 Å². The van der Waals surface area contributed by atoms with Crippen LogP contribution in [-0.2, 0) is 9.59 Å². The lowest BCUT2D eigenvalue weighted by molar-refractivity contribution is -0.140. The highest BCUT2D eigenvalue weighted by atomic mass is 35.5. The Bertz CT molecular complexity index is 524. The maximum absolute atomic E-state index is 12.3. The van der Waals surface area contributed by atoms with E-state index in [1.807, 2.05) is 24.3 Å². The van der Waals surface area contributed by atoms with E-state index in [0.29, 0.717) is 29.5 Å². The van der Waals surface area contributed by atoms with E-state index >= 15 is 0 Å². The van der Waals surface area contributed by atoms with Gasteiger partial charge in [-0.1, -0.05) is 11.6 Å². The zero-order chi connectivity index (χ0) is 15.9. The van der Waals surface area contributed by atoms with Gasteiger partial charge in [0.1, 0.15) is 0 Å². The van der Waals surface area contributed by atoms with Gasteiger partial charge in [-0.3, -0.25) is 9.59 Å². The van der Waals surface area contributed by atoms with Gasteiger partial charge in [0, 0.05) is 40.1 Å². The second kappa shape index (κ2) is 8.70. The van der Waals surface area contributed by atoms with Gasteiger partial charge in [0.15, 0.2) is 0 Å². The average Bonchev–Trinajstić information content (AvgIpc) is 2.49. The van der Waals surface area contributed by atoms with E-state index in [4.69, 9.17) is 16.7 Å². The number of hydrogen-bond donors (Lipinski definition) is 1. The summed E-state index contributed by atoms with van der Waals surface area (Å²) in [6.45, 7) is 0.646. The maximum Gasteiger partial charge on any atom is 0.305 e. The summed E-state index contributed by atoms with van der Waals surface area (Å²) in [7, 11) is 0. The molecule has 1 saturated heterocycles. The molecule has 7 heteroatoms. The largest absolute Gasteiger partial charge is 0.481 e. The van der Waals surface area contributed by atoms with Gasteiger partial charge >= 0.3 is 5.97 Å². The molecule has 0 saturated carbocycles. The number of benzene rings is 1. The van der Waals surface area contributed by atoms with Crippen LogP contribution in [0.5, 0.6) is 0 Å². The summed E-state index contributed by atoms with van der Waals surface area (Å²) in [5.74, 6) is 1.48. The number of carboxylic acids is 1. The quantitative estimate of drug-likeness (QED) is 0.790. The molecule has 1 aromatic rings. The number of amides is 1. The lowest BCUT2D eigenvalue weighted by Gasteiger charge is -2.34. The van der Waals surface area contributed by atoms with Gasteiger partial charge in [-0.05, 0) is 24.3 Å². The van der Waals surface area contributed by atoms with Crippen molar-refractivity contribution in [3.8, 4) is 0 Å². The summed E-state index contributed by atoms with van der Waals surface area (Å²) in [5, 5.41) is 9.65. The molecule has 1 unspecified atom stereocenters. The third-order valence-electron chi connectivity index (χ3n) is 3.36. The Hall–Kier alpha value is -0.850. The standard InChI is InChI=1S/C15H18ClNO3S2/c16-11-1-3-13(4-2-11)22-7-5-14(18)17-6-8-21-10-12(17)9-15(19)20/h1-4,12H,5-10H2,(H,19,20). The first-order valence-electron chi connectivity index (χ1n) is 7.03. The van der Waals surface area contributed by atoms with Crippen LogP contribution in [0.3, 0.4) is 0 Å².